The Morgan fingerprint density at radius 3 is 2.60 bits per heavy atom. The third-order valence-electron chi connectivity index (χ3n) is 3.78. The third kappa shape index (κ3) is 3.12. The normalized spacial score (nSPS) is 17.5. The summed E-state index contributed by atoms with van der Waals surface area (Å²) in [6.07, 6.45) is 4.86. The molecule has 1 N–H and O–H groups in total. The average Bonchev–Trinajstić information content (AvgIpc) is 2.39. The van der Waals surface area contributed by atoms with E-state index >= 15 is 0 Å². The van der Waals surface area contributed by atoms with Gasteiger partial charge in [-0.1, -0.05) is 19.3 Å². The number of hydrogen-bond donors (Lipinski definition) is 1. The second-order valence-corrected chi connectivity index (χ2v) is 5.50. The third-order valence-corrected chi connectivity index (χ3v) is 3.78. The zero-order valence-corrected chi connectivity index (χ0v) is 11.3. The number of rotatable bonds is 3. The van der Waals surface area contributed by atoms with E-state index in [1.54, 1.807) is 0 Å². The Morgan fingerprint density at radius 1 is 1.35 bits per heavy atom. The first-order chi connectivity index (χ1) is 9.41. The molecule has 0 atom stereocenters. The van der Waals surface area contributed by atoms with Gasteiger partial charge in [0.25, 0.3) is 11.6 Å². The van der Waals surface area contributed by atoms with Gasteiger partial charge in [0.1, 0.15) is 5.82 Å². The van der Waals surface area contributed by atoms with E-state index in [9.17, 15) is 19.3 Å². The molecule has 0 aromatic heterocycles. The summed E-state index contributed by atoms with van der Waals surface area (Å²) in [6.45, 7) is 1.93. The van der Waals surface area contributed by atoms with Gasteiger partial charge in [0, 0.05) is 17.7 Å². The van der Waals surface area contributed by atoms with Crippen molar-refractivity contribution in [3.63, 3.8) is 0 Å². The molecule has 6 heteroatoms. The van der Waals surface area contributed by atoms with Crippen LogP contribution in [0, 0.1) is 15.9 Å². The molecule has 1 aliphatic rings. The Bertz CT molecular complexity index is 539. The molecule has 0 bridgehead atoms. The van der Waals surface area contributed by atoms with Crippen molar-refractivity contribution in [2.24, 2.45) is 0 Å². The van der Waals surface area contributed by atoms with E-state index in [4.69, 9.17) is 0 Å². The van der Waals surface area contributed by atoms with Gasteiger partial charge in [-0.25, -0.2) is 4.39 Å². The van der Waals surface area contributed by atoms with Gasteiger partial charge in [-0.05, 0) is 25.8 Å². The standard InChI is InChI=1S/C14H17FN2O3/c1-14(7-3-2-4-8-14)16-13(18)11-9-10(17(19)20)5-6-12(11)15/h5-6,9H,2-4,7-8H2,1H3,(H,16,18). The van der Waals surface area contributed by atoms with E-state index < -0.39 is 16.6 Å². The largest absolute Gasteiger partial charge is 0.347 e. The molecular weight excluding hydrogens is 263 g/mol. The van der Waals surface area contributed by atoms with Crippen LogP contribution in [0.2, 0.25) is 0 Å². The summed E-state index contributed by atoms with van der Waals surface area (Å²) in [7, 11) is 0. The Kier molecular flexibility index (Phi) is 4.01. The van der Waals surface area contributed by atoms with Crippen LogP contribution in [-0.4, -0.2) is 16.4 Å². The Hall–Kier alpha value is -1.98. The summed E-state index contributed by atoms with van der Waals surface area (Å²) < 4.78 is 13.7. The minimum Gasteiger partial charge on any atom is -0.347 e. The van der Waals surface area contributed by atoms with Crippen LogP contribution < -0.4 is 5.32 Å². The summed E-state index contributed by atoms with van der Waals surface area (Å²) in [5.41, 5.74) is -0.914. The van der Waals surface area contributed by atoms with Gasteiger partial charge < -0.3 is 5.32 Å². The van der Waals surface area contributed by atoms with Crippen LogP contribution >= 0.6 is 0 Å². The fourth-order valence-electron chi connectivity index (χ4n) is 2.60. The minimum atomic E-state index is -0.743. The molecule has 1 saturated carbocycles. The molecule has 5 nitrogen and oxygen atoms in total. The molecule has 0 heterocycles. The summed E-state index contributed by atoms with van der Waals surface area (Å²) in [6, 6.07) is 2.99. The van der Waals surface area contributed by atoms with Gasteiger partial charge in [-0.3, -0.25) is 14.9 Å². The number of nitrogens with one attached hydrogen (secondary N) is 1. The topological polar surface area (TPSA) is 72.2 Å². The lowest BCUT2D eigenvalue weighted by Crippen LogP contribution is -2.47. The first-order valence-corrected chi connectivity index (χ1v) is 6.68. The van der Waals surface area contributed by atoms with Crippen molar-refractivity contribution < 1.29 is 14.1 Å². The van der Waals surface area contributed by atoms with Gasteiger partial charge in [0.05, 0.1) is 10.5 Å². The van der Waals surface area contributed by atoms with Crippen LogP contribution in [0.4, 0.5) is 10.1 Å². The first-order valence-electron chi connectivity index (χ1n) is 6.68. The smallest absolute Gasteiger partial charge is 0.270 e. The molecule has 1 aliphatic carbocycles. The highest BCUT2D eigenvalue weighted by molar-refractivity contribution is 5.95. The molecule has 0 unspecified atom stereocenters. The van der Waals surface area contributed by atoms with Crippen LogP contribution in [0.25, 0.3) is 0 Å². The SMILES string of the molecule is CC1(NC(=O)c2cc([N+](=O)[O-])ccc2F)CCCCC1. The highest BCUT2D eigenvalue weighted by Gasteiger charge is 2.30. The van der Waals surface area contributed by atoms with Gasteiger partial charge in [0.15, 0.2) is 0 Å². The number of amides is 1. The monoisotopic (exact) mass is 280 g/mol. The molecule has 1 aromatic carbocycles. The predicted molar refractivity (Wildman–Crippen MR) is 72.0 cm³/mol. The van der Waals surface area contributed by atoms with Crippen LogP contribution in [0.1, 0.15) is 49.4 Å². The summed E-state index contributed by atoms with van der Waals surface area (Å²) in [5.74, 6) is -1.33. The molecule has 0 aliphatic heterocycles. The number of non-ortho nitro benzene ring substituents is 1. The molecule has 0 radical (unpaired) electrons. The molecule has 108 valence electrons. The number of nitro groups is 1. The van der Waals surface area contributed by atoms with E-state index in [1.165, 1.54) is 0 Å². The van der Waals surface area contributed by atoms with Crippen LogP contribution in [0.5, 0.6) is 0 Å². The van der Waals surface area contributed by atoms with Gasteiger partial charge in [-0.15, -0.1) is 0 Å². The van der Waals surface area contributed by atoms with Crippen LogP contribution in [-0.2, 0) is 0 Å². The molecule has 20 heavy (non-hydrogen) atoms. The van der Waals surface area contributed by atoms with E-state index in [1.807, 2.05) is 6.92 Å². The predicted octanol–water partition coefficient (Wildman–Crippen LogP) is 3.19. The van der Waals surface area contributed by atoms with Gasteiger partial charge >= 0.3 is 0 Å². The van der Waals surface area contributed by atoms with E-state index in [0.29, 0.717) is 0 Å². The fourth-order valence-corrected chi connectivity index (χ4v) is 2.60. The number of benzene rings is 1. The number of carbonyl (C=O) groups is 1. The van der Waals surface area contributed by atoms with Gasteiger partial charge in [-0.2, -0.15) is 0 Å². The van der Waals surface area contributed by atoms with Crippen molar-refractivity contribution in [3.8, 4) is 0 Å². The highest BCUT2D eigenvalue weighted by Crippen LogP contribution is 2.28. The lowest BCUT2D eigenvalue weighted by Gasteiger charge is -2.34. The van der Waals surface area contributed by atoms with Gasteiger partial charge in [0.2, 0.25) is 0 Å². The Balaban J connectivity index is 2.20. The minimum absolute atomic E-state index is 0.272. The molecule has 2 rings (SSSR count). The Labute approximate surface area is 116 Å². The lowest BCUT2D eigenvalue weighted by atomic mass is 9.83. The van der Waals surface area contributed by atoms with Crippen LogP contribution in [0.15, 0.2) is 18.2 Å². The second kappa shape index (κ2) is 5.56. The Morgan fingerprint density at radius 2 is 2.00 bits per heavy atom. The van der Waals surface area contributed by atoms with Crippen molar-refractivity contribution in [3.05, 3.63) is 39.7 Å². The van der Waals surface area contributed by atoms with Crippen molar-refractivity contribution in [2.75, 3.05) is 0 Å². The van der Waals surface area contributed by atoms with Crippen molar-refractivity contribution in [2.45, 2.75) is 44.6 Å². The second-order valence-electron chi connectivity index (χ2n) is 5.50. The van der Waals surface area contributed by atoms with E-state index in [0.717, 1.165) is 50.3 Å². The number of hydrogen-bond acceptors (Lipinski definition) is 3. The molecule has 0 spiro atoms. The maximum absolute atomic E-state index is 13.7. The van der Waals surface area contributed by atoms with Crippen molar-refractivity contribution in [1.29, 1.82) is 0 Å². The zero-order chi connectivity index (χ0) is 14.8. The highest BCUT2D eigenvalue weighted by atomic mass is 19.1. The number of nitrogens with zero attached hydrogens (tertiary/aromatic N) is 1. The summed E-state index contributed by atoms with van der Waals surface area (Å²) >= 11 is 0. The number of halogens is 1. The summed E-state index contributed by atoms with van der Waals surface area (Å²) in [5, 5.41) is 13.5. The van der Waals surface area contributed by atoms with Crippen molar-refractivity contribution >= 4 is 11.6 Å². The lowest BCUT2D eigenvalue weighted by molar-refractivity contribution is -0.384. The van der Waals surface area contributed by atoms with Crippen molar-refractivity contribution in [1.82, 2.24) is 5.32 Å². The van der Waals surface area contributed by atoms with E-state index in [2.05, 4.69) is 5.32 Å². The zero-order valence-electron chi connectivity index (χ0n) is 11.3. The summed E-state index contributed by atoms with van der Waals surface area (Å²) in [4.78, 5) is 22.2. The fraction of sp³-hybridized carbons (Fsp3) is 0.500. The first kappa shape index (κ1) is 14.4. The molecule has 0 saturated heterocycles. The maximum atomic E-state index is 13.7. The molecular formula is C14H17FN2O3. The van der Waals surface area contributed by atoms with E-state index in [-0.39, 0.29) is 16.8 Å². The molecule has 1 aromatic rings. The molecule has 1 fully saturated rings. The van der Waals surface area contributed by atoms with Crippen LogP contribution in [0.3, 0.4) is 0 Å². The number of nitro benzene ring substituents is 1. The number of carbonyl (C=O) groups excluding carboxylic acids is 1. The average molecular weight is 280 g/mol. The molecule has 1 amide bonds. The quantitative estimate of drug-likeness (QED) is 0.682. The maximum Gasteiger partial charge on any atom is 0.270 e.